The number of aliphatic hydroxyl groups excluding tert-OH is 7. The van der Waals surface area contributed by atoms with E-state index in [-0.39, 0.29) is 53.2 Å². The van der Waals surface area contributed by atoms with Gasteiger partial charge in [-0.25, -0.2) is 4.79 Å². The lowest BCUT2D eigenvalue weighted by atomic mass is 9.43. The molecule has 4 aliphatic carbocycles. The third-order valence-electron chi connectivity index (χ3n) is 14.2. The van der Waals surface area contributed by atoms with E-state index in [0.717, 1.165) is 37.7 Å². The van der Waals surface area contributed by atoms with Gasteiger partial charge in [0.25, 0.3) is 0 Å². The topological polar surface area (TPSA) is 225 Å². The van der Waals surface area contributed by atoms with Crippen molar-refractivity contribution in [1.82, 2.24) is 0 Å². The number of cyclic esters (lactones) is 1. The van der Waals surface area contributed by atoms with Crippen molar-refractivity contribution in [3.8, 4) is 0 Å². The predicted octanol–water partition coefficient (Wildman–Crippen LogP) is -0.747. The Bertz CT molecular complexity index is 1260. The van der Waals surface area contributed by atoms with E-state index in [1.54, 1.807) is 13.0 Å². The van der Waals surface area contributed by atoms with Gasteiger partial charge in [0.05, 0.1) is 24.4 Å². The molecule has 0 spiro atoms. The van der Waals surface area contributed by atoms with Crippen LogP contribution in [0.25, 0.3) is 0 Å². The third-order valence-corrected chi connectivity index (χ3v) is 14.2. The highest BCUT2D eigenvalue weighted by Crippen LogP contribution is 2.70. The fraction of sp³-hybridized carbons (Fsp3) is 0.914. The Kier molecular flexibility index (Phi) is 9.80. The number of hydrogen-bond acceptors (Lipinski definition) is 14. The quantitative estimate of drug-likeness (QED) is 0.121. The number of carbonyl (C=O) groups is 1. The number of rotatable bonds is 7. The average Bonchev–Trinajstić information content (AvgIpc) is 3.64. The van der Waals surface area contributed by atoms with Gasteiger partial charge >= 0.3 is 5.97 Å². The minimum Gasteiger partial charge on any atom is -0.458 e. The first kappa shape index (κ1) is 36.1. The number of aliphatic hydroxyl groups is 8. The molecule has 0 bridgehead atoms. The Balaban J connectivity index is 0.995. The molecule has 14 heteroatoms. The van der Waals surface area contributed by atoms with E-state index in [1.165, 1.54) is 0 Å². The Labute approximate surface area is 285 Å². The molecule has 14 nitrogen and oxygen atoms in total. The van der Waals surface area contributed by atoms with Gasteiger partial charge in [0.2, 0.25) is 0 Å². The summed E-state index contributed by atoms with van der Waals surface area (Å²) in [5, 5.41) is 85.8. The molecule has 0 unspecified atom stereocenters. The lowest BCUT2D eigenvalue weighted by Crippen LogP contribution is -2.64. The van der Waals surface area contributed by atoms with Gasteiger partial charge in [-0.05, 0) is 99.4 Å². The molecule has 0 amide bonds. The summed E-state index contributed by atoms with van der Waals surface area (Å²) in [6.45, 7) is 3.47. The standard InChI is InChI=1S/C35H54O14/c1-16-30(49-32-28(42)26(40)25(39)23(13-36)48-32)27(41)29(43)31(46-16)47-19-5-9-34(15-37)18(12-19)3-4-22-21(34)6-8-33(2)20(7-10-35(22,33)44)17-11-24(38)45-14-17/h11,16,18-23,25-32,36-37,39-44H,3-10,12-15H2,1-2H3/t16-,18+,19+,20-,21+,22-,23-,25-,26+,27+,28-,29-,30+,31+,32-,33-,34-,35+/m1/s1. The Morgan fingerprint density at radius 3 is 2.27 bits per heavy atom. The fourth-order valence-electron chi connectivity index (χ4n) is 11.4. The highest BCUT2D eigenvalue weighted by molar-refractivity contribution is 5.85. The summed E-state index contributed by atoms with van der Waals surface area (Å²) in [5.74, 6) is 0.104. The van der Waals surface area contributed by atoms with E-state index < -0.39 is 73.6 Å². The second kappa shape index (κ2) is 13.3. The van der Waals surface area contributed by atoms with Crippen LogP contribution in [-0.2, 0) is 28.5 Å². The average molecular weight is 699 g/mol. The molecule has 7 rings (SSSR count). The maximum atomic E-state index is 12.5. The van der Waals surface area contributed by atoms with Crippen LogP contribution in [0.1, 0.15) is 71.6 Å². The zero-order valence-corrected chi connectivity index (χ0v) is 28.3. The molecule has 7 aliphatic rings. The number of hydrogen-bond donors (Lipinski definition) is 8. The van der Waals surface area contributed by atoms with Crippen LogP contribution < -0.4 is 0 Å². The Morgan fingerprint density at radius 1 is 0.837 bits per heavy atom. The summed E-state index contributed by atoms with van der Waals surface area (Å²) in [5.41, 5.74) is -0.641. The van der Waals surface area contributed by atoms with Crippen LogP contribution in [0.3, 0.4) is 0 Å². The predicted molar refractivity (Wildman–Crippen MR) is 167 cm³/mol. The van der Waals surface area contributed by atoms with Crippen molar-refractivity contribution in [2.24, 2.45) is 34.5 Å². The Morgan fingerprint density at radius 2 is 1.57 bits per heavy atom. The molecule has 6 fully saturated rings. The number of carbonyl (C=O) groups excluding carboxylic acids is 1. The molecule has 0 radical (unpaired) electrons. The zero-order valence-electron chi connectivity index (χ0n) is 28.3. The van der Waals surface area contributed by atoms with Crippen LogP contribution in [0.15, 0.2) is 11.6 Å². The number of fused-ring (bicyclic) bond motifs is 5. The molecule has 2 saturated heterocycles. The van der Waals surface area contributed by atoms with Crippen LogP contribution in [-0.4, -0.2) is 140 Å². The zero-order chi connectivity index (χ0) is 35.0. The number of esters is 1. The fourth-order valence-corrected chi connectivity index (χ4v) is 11.4. The molecule has 3 heterocycles. The van der Waals surface area contributed by atoms with Gasteiger partial charge < -0.3 is 64.5 Å². The molecule has 49 heavy (non-hydrogen) atoms. The summed E-state index contributed by atoms with van der Waals surface area (Å²) < 4.78 is 28.7. The molecule has 0 aromatic rings. The van der Waals surface area contributed by atoms with E-state index >= 15 is 0 Å². The first-order valence-corrected chi connectivity index (χ1v) is 18.1. The Hall–Kier alpha value is -1.27. The van der Waals surface area contributed by atoms with Gasteiger partial charge in [-0.2, -0.15) is 0 Å². The van der Waals surface area contributed by atoms with Crippen molar-refractivity contribution in [1.29, 1.82) is 0 Å². The van der Waals surface area contributed by atoms with E-state index in [1.807, 2.05) is 0 Å². The first-order valence-electron chi connectivity index (χ1n) is 18.1. The third kappa shape index (κ3) is 5.64. The number of ether oxygens (including phenoxy) is 5. The van der Waals surface area contributed by atoms with Crippen molar-refractivity contribution in [2.45, 2.75) is 145 Å². The first-order chi connectivity index (χ1) is 23.3. The lowest BCUT2D eigenvalue weighted by Gasteiger charge is -2.64. The van der Waals surface area contributed by atoms with Gasteiger partial charge in [-0.15, -0.1) is 0 Å². The summed E-state index contributed by atoms with van der Waals surface area (Å²) >= 11 is 0. The largest absolute Gasteiger partial charge is 0.458 e. The van der Waals surface area contributed by atoms with Crippen molar-refractivity contribution < 1.29 is 69.3 Å². The van der Waals surface area contributed by atoms with Gasteiger partial charge in [-0.3, -0.25) is 0 Å². The summed E-state index contributed by atoms with van der Waals surface area (Å²) in [4.78, 5) is 11.9. The van der Waals surface area contributed by atoms with E-state index in [0.29, 0.717) is 32.3 Å². The van der Waals surface area contributed by atoms with Crippen molar-refractivity contribution >= 4 is 5.97 Å². The molecule has 8 N–H and O–H groups in total. The second-order valence-electron chi connectivity index (χ2n) is 16.2. The van der Waals surface area contributed by atoms with E-state index in [4.69, 9.17) is 23.7 Å². The van der Waals surface area contributed by atoms with E-state index in [9.17, 15) is 45.6 Å². The highest BCUT2D eigenvalue weighted by Gasteiger charge is 2.68. The van der Waals surface area contributed by atoms with Gasteiger partial charge in [0.15, 0.2) is 12.6 Å². The summed E-state index contributed by atoms with van der Waals surface area (Å²) in [7, 11) is 0. The minimum atomic E-state index is -1.67. The van der Waals surface area contributed by atoms with Crippen LogP contribution in [0.4, 0.5) is 0 Å². The molecular weight excluding hydrogens is 644 g/mol. The van der Waals surface area contributed by atoms with Gasteiger partial charge in [0.1, 0.15) is 49.3 Å². The van der Waals surface area contributed by atoms with Crippen molar-refractivity contribution in [2.75, 3.05) is 19.8 Å². The van der Waals surface area contributed by atoms with Crippen LogP contribution in [0.2, 0.25) is 0 Å². The van der Waals surface area contributed by atoms with Crippen LogP contribution >= 0.6 is 0 Å². The molecular formula is C35H54O14. The maximum Gasteiger partial charge on any atom is 0.331 e. The maximum absolute atomic E-state index is 12.5. The molecule has 0 aromatic carbocycles. The molecule has 4 saturated carbocycles. The SMILES string of the molecule is C[C@H]1O[C@@H](O[C@H]2CC[C@@]3(CO)[C@@H](CC[C@@H]4[C@@H]3CC[C@]3(C)[C@@H](C5=CC(=O)OC5)CC[C@]43O)C2)[C@H](O)[C@H](O)[C@H]1O[C@H]1O[C@H](CO)[C@@H](O)[C@H](O)[C@H]1O. The second-order valence-corrected chi connectivity index (χ2v) is 16.2. The monoisotopic (exact) mass is 698 g/mol. The van der Waals surface area contributed by atoms with Crippen LogP contribution in [0.5, 0.6) is 0 Å². The molecule has 278 valence electrons. The molecule has 0 aromatic heterocycles. The lowest BCUT2D eigenvalue weighted by molar-refractivity contribution is -0.360. The van der Waals surface area contributed by atoms with Crippen molar-refractivity contribution in [3.63, 3.8) is 0 Å². The smallest absolute Gasteiger partial charge is 0.331 e. The molecule has 3 aliphatic heterocycles. The minimum absolute atomic E-state index is 0.0184. The normalized spacial score (nSPS) is 54.4. The summed E-state index contributed by atoms with van der Waals surface area (Å²) in [6.07, 6.45) is -5.76. The van der Waals surface area contributed by atoms with E-state index in [2.05, 4.69) is 6.92 Å². The summed E-state index contributed by atoms with van der Waals surface area (Å²) in [6, 6.07) is 0. The highest BCUT2D eigenvalue weighted by atomic mass is 16.7. The van der Waals surface area contributed by atoms with Crippen LogP contribution in [0, 0.1) is 34.5 Å². The molecule has 18 atom stereocenters. The van der Waals surface area contributed by atoms with Gasteiger partial charge in [-0.1, -0.05) is 6.92 Å². The van der Waals surface area contributed by atoms with Gasteiger partial charge in [0, 0.05) is 18.1 Å². The van der Waals surface area contributed by atoms with Crippen molar-refractivity contribution in [3.05, 3.63) is 11.6 Å².